The first-order valence-electron chi connectivity index (χ1n) is 8.55. The molecule has 0 radical (unpaired) electrons. The van der Waals surface area contributed by atoms with Crippen LogP contribution in [0.3, 0.4) is 0 Å². The van der Waals surface area contributed by atoms with Gasteiger partial charge in [0.05, 0.1) is 11.3 Å². The molecule has 27 heavy (non-hydrogen) atoms. The van der Waals surface area contributed by atoms with Crippen molar-refractivity contribution in [2.45, 2.75) is 32.7 Å². The van der Waals surface area contributed by atoms with Crippen molar-refractivity contribution in [2.75, 3.05) is 5.32 Å². The van der Waals surface area contributed by atoms with E-state index in [2.05, 4.69) is 25.2 Å². The largest absolute Gasteiger partial charge is 0.348 e. The Kier molecular flexibility index (Phi) is 4.95. The van der Waals surface area contributed by atoms with Crippen molar-refractivity contribution in [3.63, 3.8) is 0 Å². The maximum atomic E-state index is 12.9. The van der Waals surface area contributed by atoms with Crippen LogP contribution in [0.25, 0.3) is 0 Å². The van der Waals surface area contributed by atoms with Gasteiger partial charge in [-0.1, -0.05) is 10.6 Å². The molecule has 2 amide bonds. The predicted molar refractivity (Wildman–Crippen MR) is 104 cm³/mol. The molecule has 0 saturated heterocycles. The standard InChI is InChI=1S/C18H17N5O2S2/c1-10-15(27-23-22-10)17(25)21-18-14(12-5-2-6-13(12)26-18)16(24)20-9-11-4-3-7-19-8-11/h3-4,7-8H,2,5-6,9H2,1H3,(H,20,24)(H,21,25). The zero-order valence-corrected chi connectivity index (χ0v) is 16.2. The van der Waals surface area contributed by atoms with Gasteiger partial charge in [-0.2, -0.15) is 0 Å². The lowest BCUT2D eigenvalue weighted by atomic mass is 10.1. The second-order valence-electron chi connectivity index (χ2n) is 6.25. The van der Waals surface area contributed by atoms with Crippen LogP contribution in [0, 0.1) is 6.92 Å². The van der Waals surface area contributed by atoms with Crippen molar-refractivity contribution in [2.24, 2.45) is 0 Å². The van der Waals surface area contributed by atoms with Crippen LogP contribution < -0.4 is 10.6 Å². The lowest BCUT2D eigenvalue weighted by molar-refractivity contribution is 0.0951. The van der Waals surface area contributed by atoms with Crippen molar-refractivity contribution in [3.05, 3.63) is 56.7 Å². The summed E-state index contributed by atoms with van der Waals surface area (Å²) in [4.78, 5) is 31.2. The first-order chi connectivity index (χ1) is 13.1. The number of amides is 2. The average Bonchev–Trinajstić information content (AvgIpc) is 3.36. The topological polar surface area (TPSA) is 96.9 Å². The van der Waals surface area contributed by atoms with E-state index in [-0.39, 0.29) is 11.8 Å². The number of carbonyl (C=O) groups excluding carboxylic acids is 2. The smallest absolute Gasteiger partial charge is 0.269 e. The van der Waals surface area contributed by atoms with Gasteiger partial charge < -0.3 is 10.6 Å². The molecule has 9 heteroatoms. The molecule has 0 atom stereocenters. The number of aromatic nitrogens is 3. The number of aryl methyl sites for hydroxylation is 2. The molecule has 0 saturated carbocycles. The molecule has 0 bridgehead atoms. The summed E-state index contributed by atoms with van der Waals surface area (Å²) in [5, 5.41) is 10.3. The zero-order chi connectivity index (χ0) is 18.8. The van der Waals surface area contributed by atoms with Gasteiger partial charge in [0, 0.05) is 23.8 Å². The number of rotatable bonds is 5. The number of carbonyl (C=O) groups is 2. The second kappa shape index (κ2) is 7.53. The molecule has 0 aliphatic heterocycles. The molecule has 4 rings (SSSR count). The van der Waals surface area contributed by atoms with E-state index < -0.39 is 0 Å². The summed E-state index contributed by atoms with van der Waals surface area (Å²) in [6, 6.07) is 3.74. The van der Waals surface area contributed by atoms with Crippen LogP contribution in [-0.2, 0) is 19.4 Å². The Morgan fingerprint density at radius 3 is 2.89 bits per heavy atom. The highest BCUT2D eigenvalue weighted by atomic mass is 32.1. The highest BCUT2D eigenvalue weighted by molar-refractivity contribution is 7.17. The third kappa shape index (κ3) is 3.60. The lowest BCUT2D eigenvalue weighted by Crippen LogP contribution is -2.25. The van der Waals surface area contributed by atoms with E-state index in [1.54, 1.807) is 19.3 Å². The van der Waals surface area contributed by atoms with Gasteiger partial charge in [0.1, 0.15) is 9.88 Å². The van der Waals surface area contributed by atoms with Crippen molar-refractivity contribution >= 4 is 39.7 Å². The van der Waals surface area contributed by atoms with Crippen LogP contribution in [0.4, 0.5) is 5.00 Å². The third-order valence-electron chi connectivity index (χ3n) is 4.41. The monoisotopic (exact) mass is 399 g/mol. The number of fused-ring (bicyclic) bond motifs is 1. The number of pyridine rings is 1. The highest BCUT2D eigenvalue weighted by Gasteiger charge is 2.28. The summed E-state index contributed by atoms with van der Waals surface area (Å²) in [5.41, 5.74) is 3.15. The van der Waals surface area contributed by atoms with Crippen LogP contribution in [0.5, 0.6) is 0 Å². The molecule has 3 aromatic heterocycles. The molecule has 138 valence electrons. The minimum atomic E-state index is -0.274. The Labute approximate surface area is 164 Å². The summed E-state index contributed by atoms with van der Waals surface area (Å²) in [7, 11) is 0. The van der Waals surface area contributed by atoms with Crippen molar-refractivity contribution in [1.29, 1.82) is 0 Å². The average molecular weight is 400 g/mol. The summed E-state index contributed by atoms with van der Waals surface area (Å²) in [6.45, 7) is 2.14. The molecule has 3 heterocycles. The van der Waals surface area contributed by atoms with Crippen LogP contribution in [-0.4, -0.2) is 26.4 Å². The summed E-state index contributed by atoms with van der Waals surface area (Å²) >= 11 is 2.54. The fourth-order valence-electron chi connectivity index (χ4n) is 3.11. The number of hydrogen-bond donors (Lipinski definition) is 2. The first-order valence-corrected chi connectivity index (χ1v) is 10.1. The second-order valence-corrected chi connectivity index (χ2v) is 8.11. The predicted octanol–water partition coefficient (Wildman–Crippen LogP) is 2.97. The maximum Gasteiger partial charge on any atom is 0.269 e. The molecule has 0 aromatic carbocycles. The minimum Gasteiger partial charge on any atom is -0.348 e. The van der Waals surface area contributed by atoms with Crippen molar-refractivity contribution in [1.82, 2.24) is 19.9 Å². The summed E-state index contributed by atoms with van der Waals surface area (Å²) in [5.74, 6) is -0.448. The molecule has 1 aliphatic rings. The fraction of sp³-hybridized carbons (Fsp3) is 0.278. The van der Waals surface area contributed by atoms with Crippen LogP contribution in [0.1, 0.15) is 48.1 Å². The van der Waals surface area contributed by atoms with Crippen LogP contribution in [0.15, 0.2) is 24.5 Å². The Bertz CT molecular complexity index is 997. The van der Waals surface area contributed by atoms with Crippen LogP contribution in [0.2, 0.25) is 0 Å². The van der Waals surface area contributed by atoms with E-state index in [4.69, 9.17) is 0 Å². The maximum absolute atomic E-state index is 12.9. The SMILES string of the molecule is Cc1nnsc1C(=O)Nc1sc2c(c1C(=O)NCc1cccnc1)CCC2. The number of anilines is 1. The quantitative estimate of drug-likeness (QED) is 0.687. The molecule has 0 unspecified atom stereocenters. The van der Waals surface area contributed by atoms with Gasteiger partial charge in [-0.05, 0) is 54.9 Å². The molecule has 3 aromatic rings. The van der Waals surface area contributed by atoms with Crippen molar-refractivity contribution in [3.8, 4) is 0 Å². The van der Waals surface area contributed by atoms with Gasteiger partial charge in [-0.15, -0.1) is 16.4 Å². The first kappa shape index (κ1) is 17.7. The number of nitrogens with zero attached hydrogens (tertiary/aromatic N) is 3. The van der Waals surface area contributed by atoms with Gasteiger partial charge in [0.25, 0.3) is 11.8 Å². The lowest BCUT2D eigenvalue weighted by Gasteiger charge is -2.09. The normalized spacial score (nSPS) is 12.6. The highest BCUT2D eigenvalue weighted by Crippen LogP contribution is 2.39. The Balaban J connectivity index is 1.57. The molecular formula is C18H17N5O2S2. The molecule has 0 spiro atoms. The number of thiophene rings is 1. The van der Waals surface area contributed by atoms with E-state index in [0.717, 1.165) is 41.9 Å². The van der Waals surface area contributed by atoms with E-state index in [1.165, 1.54) is 16.2 Å². The van der Waals surface area contributed by atoms with E-state index >= 15 is 0 Å². The van der Waals surface area contributed by atoms with Gasteiger partial charge in [0.15, 0.2) is 0 Å². The number of hydrogen-bond acceptors (Lipinski definition) is 7. The van der Waals surface area contributed by atoms with Gasteiger partial charge in [-0.25, -0.2) is 0 Å². The van der Waals surface area contributed by atoms with E-state index in [9.17, 15) is 9.59 Å². The van der Waals surface area contributed by atoms with Crippen molar-refractivity contribution < 1.29 is 9.59 Å². The Morgan fingerprint density at radius 1 is 1.26 bits per heavy atom. The number of nitrogens with one attached hydrogen (secondary N) is 2. The van der Waals surface area contributed by atoms with Crippen LogP contribution >= 0.6 is 22.9 Å². The Hall–Kier alpha value is -2.65. The minimum absolute atomic E-state index is 0.173. The summed E-state index contributed by atoms with van der Waals surface area (Å²) in [6.07, 6.45) is 6.26. The van der Waals surface area contributed by atoms with Gasteiger partial charge in [0.2, 0.25) is 0 Å². The fourth-order valence-corrected chi connectivity index (χ4v) is 4.94. The Morgan fingerprint density at radius 2 is 2.15 bits per heavy atom. The van der Waals surface area contributed by atoms with Gasteiger partial charge in [-0.3, -0.25) is 14.6 Å². The third-order valence-corrected chi connectivity index (χ3v) is 6.44. The van der Waals surface area contributed by atoms with E-state index in [1.807, 2.05) is 12.1 Å². The molecular weight excluding hydrogens is 382 g/mol. The molecule has 0 fully saturated rings. The van der Waals surface area contributed by atoms with Gasteiger partial charge >= 0.3 is 0 Å². The zero-order valence-electron chi connectivity index (χ0n) is 14.6. The molecule has 2 N–H and O–H groups in total. The summed E-state index contributed by atoms with van der Waals surface area (Å²) < 4.78 is 3.80. The molecule has 1 aliphatic carbocycles. The van der Waals surface area contributed by atoms with E-state index in [0.29, 0.717) is 27.7 Å². The molecule has 7 nitrogen and oxygen atoms in total.